The Hall–Kier alpha value is -1.73. The minimum absolute atomic E-state index is 0.135. The molecule has 16 heavy (non-hydrogen) atoms. The van der Waals surface area contributed by atoms with E-state index in [1.165, 1.54) is 12.3 Å². The van der Waals surface area contributed by atoms with E-state index in [1.54, 1.807) is 4.90 Å². The molecule has 0 saturated carbocycles. The highest BCUT2D eigenvalue weighted by Crippen LogP contribution is 2.25. The monoisotopic (exact) mass is 227 g/mol. The summed E-state index contributed by atoms with van der Waals surface area (Å²) in [7, 11) is 0. The minimum Gasteiger partial charge on any atom is -0.395 e. The second-order valence-corrected chi connectivity index (χ2v) is 3.06. The molecule has 0 spiro atoms. The van der Waals surface area contributed by atoms with Gasteiger partial charge in [0.2, 0.25) is 0 Å². The predicted molar refractivity (Wildman–Crippen MR) is 57.3 cm³/mol. The maximum Gasteiger partial charge on any atom is 0.310 e. The molecule has 0 fully saturated rings. The Morgan fingerprint density at radius 3 is 2.50 bits per heavy atom. The molecule has 0 aromatic carbocycles. The Kier molecular flexibility index (Phi) is 4.62. The number of hydrogen-bond acceptors (Lipinski definition) is 6. The lowest BCUT2D eigenvalue weighted by atomic mass is 10.3. The maximum absolute atomic E-state index is 10.7. The third-order valence-electron chi connectivity index (χ3n) is 2.05. The summed E-state index contributed by atoms with van der Waals surface area (Å²) in [6.45, 7) is 0.176. The summed E-state index contributed by atoms with van der Waals surface area (Å²) in [5.41, 5.74) is 0.215. The van der Waals surface area contributed by atoms with Crippen molar-refractivity contribution in [3.63, 3.8) is 0 Å². The molecule has 1 aromatic heterocycles. The summed E-state index contributed by atoms with van der Waals surface area (Å²) in [5.74, 6) is 0. The third kappa shape index (κ3) is 2.88. The molecule has 0 radical (unpaired) electrons. The summed E-state index contributed by atoms with van der Waals surface area (Å²) in [6.07, 6.45) is 2.58. The average molecular weight is 227 g/mol. The van der Waals surface area contributed by atoms with E-state index in [1.807, 2.05) is 0 Å². The van der Waals surface area contributed by atoms with Gasteiger partial charge in [-0.05, 0) is 6.07 Å². The van der Waals surface area contributed by atoms with Gasteiger partial charge in [0.1, 0.15) is 11.9 Å². The van der Waals surface area contributed by atoms with Gasteiger partial charge in [-0.1, -0.05) is 0 Å². The molecule has 7 heteroatoms. The van der Waals surface area contributed by atoms with E-state index < -0.39 is 4.92 Å². The Labute approximate surface area is 92.1 Å². The normalized spacial score (nSPS) is 10.1. The molecule has 7 nitrogen and oxygen atoms in total. The van der Waals surface area contributed by atoms with Gasteiger partial charge < -0.3 is 15.1 Å². The molecular formula is C9H13N3O4. The van der Waals surface area contributed by atoms with E-state index in [4.69, 9.17) is 10.2 Å². The van der Waals surface area contributed by atoms with Crippen LogP contribution >= 0.6 is 0 Å². The van der Waals surface area contributed by atoms with Gasteiger partial charge in [-0.15, -0.1) is 0 Å². The smallest absolute Gasteiger partial charge is 0.310 e. The van der Waals surface area contributed by atoms with Crippen LogP contribution in [0, 0.1) is 10.1 Å². The van der Waals surface area contributed by atoms with Gasteiger partial charge in [0.05, 0.1) is 18.1 Å². The van der Waals surface area contributed by atoms with E-state index in [2.05, 4.69) is 4.98 Å². The van der Waals surface area contributed by atoms with Crippen molar-refractivity contribution in [2.45, 2.75) is 0 Å². The molecule has 2 N–H and O–H groups in total. The molecular weight excluding hydrogens is 214 g/mol. The number of nitro groups is 1. The van der Waals surface area contributed by atoms with Gasteiger partial charge in [-0.2, -0.15) is 0 Å². The van der Waals surface area contributed by atoms with Gasteiger partial charge in [-0.25, -0.2) is 0 Å². The molecule has 1 heterocycles. The number of nitrogens with zero attached hydrogens (tertiary/aromatic N) is 3. The fraction of sp³-hybridized carbons (Fsp3) is 0.444. The first-order valence-electron chi connectivity index (χ1n) is 4.75. The number of rotatable bonds is 6. The Morgan fingerprint density at radius 2 is 2.00 bits per heavy atom. The Balaban J connectivity index is 3.02. The van der Waals surface area contributed by atoms with Crippen molar-refractivity contribution >= 4 is 11.4 Å². The molecule has 0 aliphatic carbocycles. The topological polar surface area (TPSA) is 99.7 Å². The number of anilines is 1. The summed E-state index contributed by atoms with van der Waals surface area (Å²) in [6, 6.07) is 1.49. The quantitative estimate of drug-likeness (QED) is 0.515. The standard InChI is InChI=1S/C9H13N3O4/c13-5-3-11(4-6-14)8-1-2-10-7-9(8)12(15)16/h1-2,7,13-14H,3-6H2. The van der Waals surface area contributed by atoms with Crippen LogP contribution in [0.25, 0.3) is 0 Å². The lowest BCUT2D eigenvalue weighted by molar-refractivity contribution is -0.384. The molecule has 0 atom stereocenters. The number of pyridine rings is 1. The van der Waals surface area contributed by atoms with Gasteiger partial charge >= 0.3 is 5.69 Å². The van der Waals surface area contributed by atoms with Crippen LogP contribution in [0.4, 0.5) is 11.4 Å². The summed E-state index contributed by atoms with van der Waals surface area (Å²) < 4.78 is 0. The van der Waals surface area contributed by atoms with Gasteiger partial charge in [0, 0.05) is 19.3 Å². The SMILES string of the molecule is O=[N+]([O-])c1cnccc1N(CCO)CCO. The summed E-state index contributed by atoms with van der Waals surface area (Å²) in [5, 5.41) is 28.4. The zero-order valence-electron chi connectivity index (χ0n) is 8.61. The van der Waals surface area contributed by atoms with E-state index in [-0.39, 0.29) is 32.0 Å². The molecule has 1 rings (SSSR count). The van der Waals surface area contributed by atoms with Crippen LogP contribution in [0.15, 0.2) is 18.5 Å². The minimum atomic E-state index is -0.538. The third-order valence-corrected chi connectivity index (χ3v) is 2.05. The highest BCUT2D eigenvalue weighted by molar-refractivity contribution is 5.61. The molecule has 0 saturated heterocycles. The first kappa shape index (κ1) is 12.3. The lowest BCUT2D eigenvalue weighted by Gasteiger charge is -2.22. The Morgan fingerprint density at radius 1 is 1.38 bits per heavy atom. The van der Waals surface area contributed by atoms with Crippen LogP contribution in [0.5, 0.6) is 0 Å². The molecule has 0 amide bonds. The van der Waals surface area contributed by atoms with Crippen LogP contribution in [-0.2, 0) is 0 Å². The fourth-order valence-corrected chi connectivity index (χ4v) is 1.38. The molecule has 0 unspecified atom stereocenters. The first-order chi connectivity index (χ1) is 7.70. The van der Waals surface area contributed by atoms with Crippen LogP contribution in [0.3, 0.4) is 0 Å². The second-order valence-electron chi connectivity index (χ2n) is 3.06. The summed E-state index contributed by atoms with van der Waals surface area (Å²) >= 11 is 0. The predicted octanol–water partition coefficient (Wildman–Crippen LogP) is -0.219. The Bertz CT molecular complexity index is 352. The largest absolute Gasteiger partial charge is 0.395 e. The van der Waals surface area contributed by atoms with E-state index in [9.17, 15) is 10.1 Å². The molecule has 1 aromatic rings. The maximum atomic E-state index is 10.7. The molecule has 88 valence electrons. The van der Waals surface area contributed by atoms with Crippen molar-refractivity contribution in [1.82, 2.24) is 4.98 Å². The number of aliphatic hydroxyl groups excluding tert-OH is 2. The zero-order valence-corrected chi connectivity index (χ0v) is 8.61. The van der Waals surface area contributed by atoms with Crippen molar-refractivity contribution in [3.8, 4) is 0 Å². The molecule has 0 bridgehead atoms. The van der Waals surface area contributed by atoms with Crippen LogP contribution in [0.2, 0.25) is 0 Å². The van der Waals surface area contributed by atoms with Gasteiger partial charge in [-0.3, -0.25) is 15.1 Å². The number of aromatic nitrogens is 1. The average Bonchev–Trinajstić information content (AvgIpc) is 2.29. The number of aliphatic hydroxyl groups is 2. The number of hydrogen-bond donors (Lipinski definition) is 2. The van der Waals surface area contributed by atoms with Crippen molar-refractivity contribution in [1.29, 1.82) is 0 Å². The van der Waals surface area contributed by atoms with Crippen LogP contribution in [0.1, 0.15) is 0 Å². The van der Waals surface area contributed by atoms with E-state index in [0.717, 1.165) is 6.20 Å². The van der Waals surface area contributed by atoms with Crippen LogP contribution in [-0.4, -0.2) is 46.4 Å². The molecule has 0 aliphatic heterocycles. The van der Waals surface area contributed by atoms with Gasteiger partial charge in [0.15, 0.2) is 0 Å². The zero-order chi connectivity index (χ0) is 12.0. The van der Waals surface area contributed by atoms with E-state index >= 15 is 0 Å². The highest BCUT2D eigenvalue weighted by atomic mass is 16.6. The van der Waals surface area contributed by atoms with Crippen LogP contribution < -0.4 is 4.90 Å². The fourth-order valence-electron chi connectivity index (χ4n) is 1.38. The summed E-state index contributed by atoms with van der Waals surface area (Å²) in [4.78, 5) is 15.4. The van der Waals surface area contributed by atoms with Crippen molar-refractivity contribution in [3.05, 3.63) is 28.6 Å². The van der Waals surface area contributed by atoms with Crippen molar-refractivity contribution in [2.24, 2.45) is 0 Å². The lowest BCUT2D eigenvalue weighted by Crippen LogP contribution is -2.30. The first-order valence-corrected chi connectivity index (χ1v) is 4.75. The highest BCUT2D eigenvalue weighted by Gasteiger charge is 2.18. The van der Waals surface area contributed by atoms with Crippen molar-refractivity contribution < 1.29 is 15.1 Å². The molecule has 0 aliphatic rings. The second kappa shape index (κ2) is 5.99. The van der Waals surface area contributed by atoms with Gasteiger partial charge in [0.25, 0.3) is 0 Å². The van der Waals surface area contributed by atoms with E-state index in [0.29, 0.717) is 5.69 Å². The van der Waals surface area contributed by atoms with Crippen molar-refractivity contribution in [2.75, 3.05) is 31.2 Å².